The number of halogens is 1. The molecule has 1 saturated heterocycles. The van der Waals surface area contributed by atoms with Gasteiger partial charge in [0.25, 0.3) is 5.69 Å². The van der Waals surface area contributed by atoms with Gasteiger partial charge < -0.3 is 9.64 Å². The molecule has 1 atom stereocenters. The zero-order chi connectivity index (χ0) is 13.8. The van der Waals surface area contributed by atoms with Crippen molar-refractivity contribution in [3.63, 3.8) is 0 Å². The second kappa shape index (κ2) is 5.97. The molecule has 104 valence electrons. The lowest BCUT2D eigenvalue weighted by Crippen LogP contribution is -2.34. The quantitative estimate of drug-likeness (QED) is 0.621. The third kappa shape index (κ3) is 3.64. The number of piperidine rings is 1. The van der Waals surface area contributed by atoms with Crippen molar-refractivity contribution >= 4 is 5.69 Å². The molecule has 1 unspecified atom stereocenters. The number of hydrogen-bond acceptors (Lipinski definition) is 4. The molecular weight excluding hydrogens is 251 g/mol. The fourth-order valence-corrected chi connectivity index (χ4v) is 2.34. The monoisotopic (exact) mass is 268 g/mol. The van der Waals surface area contributed by atoms with E-state index in [4.69, 9.17) is 4.74 Å². The minimum absolute atomic E-state index is 0.0822. The number of nitro benzene ring substituents is 1. The van der Waals surface area contributed by atoms with Gasteiger partial charge in [0.1, 0.15) is 0 Å². The zero-order valence-electron chi connectivity index (χ0n) is 10.8. The number of likely N-dealkylation sites (tertiary alicyclic amines) is 1. The first-order valence-corrected chi connectivity index (χ1v) is 6.31. The van der Waals surface area contributed by atoms with Crippen LogP contribution in [0.3, 0.4) is 0 Å². The molecule has 0 saturated carbocycles. The predicted octanol–water partition coefficient (Wildman–Crippen LogP) is 2.45. The molecule has 19 heavy (non-hydrogen) atoms. The lowest BCUT2D eigenvalue weighted by atomic mass is 10.00. The van der Waals surface area contributed by atoms with Crippen molar-refractivity contribution in [1.29, 1.82) is 0 Å². The Morgan fingerprint density at radius 3 is 3.00 bits per heavy atom. The molecule has 0 aromatic heterocycles. The Morgan fingerprint density at radius 2 is 2.37 bits per heavy atom. The maximum atomic E-state index is 13.6. The second-order valence-corrected chi connectivity index (χ2v) is 4.95. The summed E-state index contributed by atoms with van der Waals surface area (Å²) in [6.07, 6.45) is 2.19. The maximum absolute atomic E-state index is 13.6. The van der Waals surface area contributed by atoms with Gasteiger partial charge in [-0.05, 0) is 32.5 Å². The highest BCUT2D eigenvalue weighted by atomic mass is 19.1. The summed E-state index contributed by atoms with van der Waals surface area (Å²) in [6, 6.07) is 3.47. The minimum Gasteiger partial charge on any atom is -0.490 e. The highest BCUT2D eigenvalue weighted by Gasteiger charge is 2.19. The third-order valence-electron chi connectivity index (χ3n) is 3.32. The van der Waals surface area contributed by atoms with Crippen molar-refractivity contribution in [2.75, 3.05) is 26.7 Å². The van der Waals surface area contributed by atoms with Crippen LogP contribution in [0.15, 0.2) is 18.2 Å². The van der Waals surface area contributed by atoms with Crippen molar-refractivity contribution in [3.8, 4) is 5.75 Å². The van der Waals surface area contributed by atoms with E-state index in [9.17, 15) is 14.5 Å². The summed E-state index contributed by atoms with van der Waals surface area (Å²) in [4.78, 5) is 12.1. The van der Waals surface area contributed by atoms with E-state index in [-0.39, 0.29) is 11.4 Å². The molecule has 6 heteroatoms. The topological polar surface area (TPSA) is 55.6 Å². The van der Waals surface area contributed by atoms with Crippen molar-refractivity contribution in [2.45, 2.75) is 12.8 Å². The van der Waals surface area contributed by atoms with Crippen LogP contribution in [0, 0.1) is 21.8 Å². The Labute approximate surface area is 111 Å². The summed E-state index contributed by atoms with van der Waals surface area (Å²) in [7, 11) is 2.05. The van der Waals surface area contributed by atoms with E-state index in [0.717, 1.165) is 32.0 Å². The lowest BCUT2D eigenvalue weighted by molar-refractivity contribution is -0.385. The van der Waals surface area contributed by atoms with E-state index in [1.165, 1.54) is 12.1 Å². The molecule has 0 aliphatic carbocycles. The van der Waals surface area contributed by atoms with E-state index < -0.39 is 10.7 Å². The van der Waals surface area contributed by atoms with Crippen LogP contribution in [0.25, 0.3) is 0 Å². The van der Waals surface area contributed by atoms with Gasteiger partial charge in [-0.1, -0.05) is 0 Å². The summed E-state index contributed by atoms with van der Waals surface area (Å²) >= 11 is 0. The molecule has 1 aromatic rings. The lowest BCUT2D eigenvalue weighted by Gasteiger charge is -2.29. The van der Waals surface area contributed by atoms with Gasteiger partial charge in [0.15, 0.2) is 11.6 Å². The molecule has 1 aliphatic rings. The summed E-state index contributed by atoms with van der Waals surface area (Å²) < 4.78 is 19.0. The van der Waals surface area contributed by atoms with Crippen LogP contribution in [0.4, 0.5) is 10.1 Å². The smallest absolute Gasteiger partial charge is 0.272 e. The van der Waals surface area contributed by atoms with E-state index >= 15 is 0 Å². The number of nitro groups is 1. The Kier molecular flexibility index (Phi) is 4.31. The number of ether oxygens (including phenoxy) is 1. The number of benzene rings is 1. The van der Waals surface area contributed by atoms with Crippen molar-refractivity contribution in [2.24, 2.45) is 5.92 Å². The minimum atomic E-state index is -0.682. The fourth-order valence-electron chi connectivity index (χ4n) is 2.34. The van der Waals surface area contributed by atoms with Crippen molar-refractivity contribution in [1.82, 2.24) is 4.90 Å². The Hall–Kier alpha value is -1.69. The van der Waals surface area contributed by atoms with Gasteiger partial charge in [-0.15, -0.1) is 0 Å². The molecule has 1 aliphatic heterocycles. The Balaban J connectivity index is 1.94. The molecule has 0 N–H and O–H groups in total. The van der Waals surface area contributed by atoms with Crippen LogP contribution in [0.2, 0.25) is 0 Å². The first kappa shape index (κ1) is 13.7. The average Bonchev–Trinajstić information content (AvgIpc) is 2.37. The normalized spacial score (nSPS) is 20.2. The number of non-ortho nitro benzene ring substituents is 1. The molecule has 1 fully saturated rings. The summed E-state index contributed by atoms with van der Waals surface area (Å²) in [6.45, 7) is 2.47. The Bertz CT molecular complexity index is 467. The van der Waals surface area contributed by atoms with Crippen LogP contribution in [0.5, 0.6) is 5.75 Å². The van der Waals surface area contributed by atoms with Crippen LogP contribution in [0.1, 0.15) is 12.8 Å². The predicted molar refractivity (Wildman–Crippen MR) is 68.8 cm³/mol. The molecule has 2 rings (SSSR count). The largest absolute Gasteiger partial charge is 0.490 e. The zero-order valence-corrected chi connectivity index (χ0v) is 10.8. The highest BCUT2D eigenvalue weighted by molar-refractivity contribution is 5.37. The number of nitrogens with zero attached hydrogens (tertiary/aromatic N) is 2. The Morgan fingerprint density at radius 1 is 1.58 bits per heavy atom. The van der Waals surface area contributed by atoms with E-state index in [1.54, 1.807) is 0 Å². The van der Waals surface area contributed by atoms with Crippen LogP contribution in [-0.2, 0) is 0 Å². The first-order valence-electron chi connectivity index (χ1n) is 6.31. The summed E-state index contributed by atoms with van der Waals surface area (Å²) in [5.74, 6) is -0.217. The highest BCUT2D eigenvalue weighted by Crippen LogP contribution is 2.24. The molecule has 5 nitrogen and oxygen atoms in total. The number of hydrogen-bond donors (Lipinski definition) is 0. The first-order chi connectivity index (χ1) is 9.06. The molecule has 0 amide bonds. The van der Waals surface area contributed by atoms with Gasteiger partial charge in [-0.25, -0.2) is 4.39 Å². The van der Waals surface area contributed by atoms with Gasteiger partial charge >= 0.3 is 0 Å². The van der Waals surface area contributed by atoms with E-state index in [0.29, 0.717) is 12.5 Å². The average molecular weight is 268 g/mol. The SMILES string of the molecule is CN1CCCC(COc2ccc([N+](=O)[O-])cc2F)C1. The third-order valence-corrected chi connectivity index (χ3v) is 3.32. The second-order valence-electron chi connectivity index (χ2n) is 4.95. The molecular formula is C13H17FN2O3. The summed E-state index contributed by atoms with van der Waals surface area (Å²) in [5, 5.41) is 10.5. The summed E-state index contributed by atoms with van der Waals surface area (Å²) in [5.41, 5.74) is -0.262. The van der Waals surface area contributed by atoms with Gasteiger partial charge in [-0.3, -0.25) is 10.1 Å². The van der Waals surface area contributed by atoms with Gasteiger partial charge in [-0.2, -0.15) is 0 Å². The van der Waals surface area contributed by atoms with Gasteiger partial charge in [0.05, 0.1) is 17.6 Å². The van der Waals surface area contributed by atoms with E-state index in [2.05, 4.69) is 11.9 Å². The molecule has 0 radical (unpaired) electrons. The maximum Gasteiger partial charge on any atom is 0.272 e. The van der Waals surface area contributed by atoms with Crippen LogP contribution in [-0.4, -0.2) is 36.6 Å². The molecule has 0 spiro atoms. The molecule has 1 aromatic carbocycles. The fraction of sp³-hybridized carbons (Fsp3) is 0.538. The van der Waals surface area contributed by atoms with Crippen LogP contribution < -0.4 is 4.74 Å². The van der Waals surface area contributed by atoms with Crippen LogP contribution >= 0.6 is 0 Å². The molecule has 0 bridgehead atoms. The van der Waals surface area contributed by atoms with Crippen molar-refractivity contribution < 1.29 is 14.1 Å². The van der Waals surface area contributed by atoms with Gasteiger partial charge in [0.2, 0.25) is 0 Å². The molecule has 1 heterocycles. The van der Waals surface area contributed by atoms with Gasteiger partial charge in [0, 0.05) is 18.5 Å². The van der Waals surface area contributed by atoms with Crippen molar-refractivity contribution in [3.05, 3.63) is 34.1 Å². The van der Waals surface area contributed by atoms with E-state index in [1.807, 2.05) is 0 Å². The standard InChI is InChI=1S/C13H17FN2O3/c1-15-6-2-3-10(8-15)9-19-13-5-4-11(16(17)18)7-12(13)14/h4-5,7,10H,2-3,6,8-9H2,1H3. The number of rotatable bonds is 4.